The first kappa shape index (κ1) is 25.5. The number of nitrogens with zero attached hydrogens (tertiary/aromatic N) is 2. The van der Waals surface area contributed by atoms with Crippen molar-refractivity contribution in [3.8, 4) is 0 Å². The molecule has 0 aromatic heterocycles. The first-order valence-corrected chi connectivity index (χ1v) is 12.6. The summed E-state index contributed by atoms with van der Waals surface area (Å²) in [5.74, 6) is -1.66. The molecule has 0 radical (unpaired) electrons. The van der Waals surface area contributed by atoms with Crippen LogP contribution < -0.4 is 5.32 Å². The Morgan fingerprint density at radius 2 is 1.53 bits per heavy atom. The fourth-order valence-corrected chi connectivity index (χ4v) is 5.51. The first-order valence-electron chi connectivity index (χ1n) is 12.6. The summed E-state index contributed by atoms with van der Waals surface area (Å²) in [4.78, 5) is 37.8. The van der Waals surface area contributed by atoms with Crippen LogP contribution in [0.2, 0.25) is 0 Å². The van der Waals surface area contributed by atoms with E-state index in [-0.39, 0.29) is 28.7 Å². The van der Waals surface area contributed by atoms with E-state index in [4.69, 9.17) is 0 Å². The highest BCUT2D eigenvalue weighted by Crippen LogP contribution is 2.49. The first-order chi connectivity index (χ1) is 18.2. The summed E-state index contributed by atoms with van der Waals surface area (Å²) >= 11 is 0. The third-order valence-electron chi connectivity index (χ3n) is 7.90. The predicted molar refractivity (Wildman–Crippen MR) is 137 cm³/mol. The van der Waals surface area contributed by atoms with Crippen LogP contribution in [0.4, 0.5) is 14.5 Å². The highest BCUT2D eigenvalue weighted by molar-refractivity contribution is 5.95. The predicted octanol–water partition coefficient (Wildman–Crippen LogP) is 5.28. The molecule has 1 saturated heterocycles. The van der Waals surface area contributed by atoms with Gasteiger partial charge in [0.15, 0.2) is 0 Å². The molecule has 0 bridgehead atoms. The summed E-state index contributed by atoms with van der Waals surface area (Å²) in [5.41, 5.74) is 1.99. The van der Waals surface area contributed by atoms with Crippen molar-refractivity contribution in [3.63, 3.8) is 0 Å². The maximum absolute atomic E-state index is 13.8. The van der Waals surface area contributed by atoms with Gasteiger partial charge in [-0.05, 0) is 79.0 Å². The Kier molecular flexibility index (Phi) is 6.93. The number of nitro groups is 1. The normalized spacial score (nSPS) is 18.1. The van der Waals surface area contributed by atoms with E-state index in [0.29, 0.717) is 37.9 Å². The van der Waals surface area contributed by atoms with E-state index in [1.165, 1.54) is 12.1 Å². The monoisotopic (exact) mass is 519 g/mol. The number of nitrogens with one attached hydrogen (secondary N) is 1. The van der Waals surface area contributed by atoms with Crippen LogP contribution >= 0.6 is 0 Å². The van der Waals surface area contributed by atoms with Crippen molar-refractivity contribution in [2.24, 2.45) is 5.41 Å². The SMILES string of the molecule is O=C(NC1CCC12CCN(C(=O)c1cc(F)cc([N+](=O)[O-])c1)CC2)c1ccc(Cc2ccc(F)cc2)cc1. The van der Waals surface area contributed by atoms with E-state index in [2.05, 4.69) is 5.32 Å². The van der Waals surface area contributed by atoms with Gasteiger partial charge in [-0.1, -0.05) is 24.3 Å². The smallest absolute Gasteiger partial charge is 0.273 e. The average molecular weight is 520 g/mol. The lowest BCUT2D eigenvalue weighted by Gasteiger charge is -2.54. The van der Waals surface area contributed by atoms with Gasteiger partial charge in [0.1, 0.15) is 11.6 Å². The van der Waals surface area contributed by atoms with Gasteiger partial charge in [-0.2, -0.15) is 0 Å². The molecule has 1 heterocycles. The third-order valence-corrected chi connectivity index (χ3v) is 7.90. The second-order valence-corrected chi connectivity index (χ2v) is 10.2. The number of hydrogen-bond acceptors (Lipinski definition) is 4. The molecule has 1 atom stereocenters. The highest BCUT2D eigenvalue weighted by atomic mass is 19.1. The molecular formula is C29H27F2N3O4. The van der Waals surface area contributed by atoms with Gasteiger partial charge >= 0.3 is 0 Å². The van der Waals surface area contributed by atoms with Gasteiger partial charge in [0.25, 0.3) is 17.5 Å². The van der Waals surface area contributed by atoms with E-state index < -0.39 is 22.3 Å². The number of benzene rings is 3. The van der Waals surface area contributed by atoms with Crippen molar-refractivity contribution in [2.75, 3.05) is 13.1 Å². The molecule has 7 nitrogen and oxygen atoms in total. The Morgan fingerprint density at radius 3 is 2.11 bits per heavy atom. The maximum atomic E-state index is 13.8. The van der Waals surface area contributed by atoms with Gasteiger partial charge in [-0.25, -0.2) is 8.78 Å². The summed E-state index contributed by atoms with van der Waals surface area (Å²) < 4.78 is 26.9. The molecular weight excluding hydrogens is 492 g/mol. The van der Waals surface area contributed by atoms with Crippen molar-refractivity contribution in [1.29, 1.82) is 0 Å². The molecule has 1 saturated carbocycles. The Bertz CT molecular complexity index is 1370. The molecule has 196 valence electrons. The maximum Gasteiger partial charge on any atom is 0.273 e. The van der Waals surface area contributed by atoms with Crippen LogP contribution in [0.5, 0.6) is 0 Å². The lowest BCUT2D eigenvalue weighted by Crippen LogP contribution is -2.59. The summed E-state index contributed by atoms with van der Waals surface area (Å²) in [6.45, 7) is 0.876. The molecule has 38 heavy (non-hydrogen) atoms. The van der Waals surface area contributed by atoms with Crippen LogP contribution in [-0.2, 0) is 6.42 Å². The number of nitro benzene ring substituents is 1. The molecule has 1 spiro atoms. The minimum absolute atomic E-state index is 0.00130. The minimum Gasteiger partial charge on any atom is -0.349 e. The van der Waals surface area contributed by atoms with Gasteiger partial charge in [0, 0.05) is 36.3 Å². The molecule has 3 aromatic carbocycles. The van der Waals surface area contributed by atoms with Crippen molar-refractivity contribution in [1.82, 2.24) is 10.2 Å². The minimum atomic E-state index is -0.818. The standard InChI is InChI=1S/C29H27F2N3O4/c30-23-7-3-20(4-8-23)15-19-1-5-21(6-2-19)27(35)32-26-9-10-29(26)11-13-33(14-12-29)28(36)22-16-24(31)18-25(17-22)34(37)38/h1-8,16-18,26H,9-15H2,(H,32,35). The average Bonchev–Trinajstić information content (AvgIpc) is 2.92. The zero-order chi connectivity index (χ0) is 26.9. The van der Waals surface area contributed by atoms with E-state index in [1.807, 2.05) is 12.1 Å². The molecule has 5 rings (SSSR count). The van der Waals surface area contributed by atoms with Gasteiger partial charge < -0.3 is 10.2 Å². The number of carbonyl (C=O) groups is 2. The number of carbonyl (C=O) groups excluding carboxylic acids is 2. The number of amides is 2. The van der Waals surface area contributed by atoms with E-state index >= 15 is 0 Å². The molecule has 2 aliphatic rings. The zero-order valence-electron chi connectivity index (χ0n) is 20.7. The molecule has 2 amide bonds. The molecule has 3 aromatic rings. The van der Waals surface area contributed by atoms with Crippen molar-refractivity contribution < 1.29 is 23.3 Å². The Labute approximate surface area is 218 Å². The van der Waals surface area contributed by atoms with Crippen LogP contribution in [0.3, 0.4) is 0 Å². The summed E-state index contributed by atoms with van der Waals surface area (Å²) in [7, 11) is 0. The molecule has 2 fully saturated rings. The van der Waals surface area contributed by atoms with Gasteiger partial charge in [0.05, 0.1) is 11.0 Å². The van der Waals surface area contributed by atoms with Gasteiger partial charge in [0.2, 0.25) is 0 Å². The number of rotatable bonds is 6. The van der Waals surface area contributed by atoms with Crippen LogP contribution in [0.1, 0.15) is 57.5 Å². The van der Waals surface area contributed by atoms with Gasteiger partial charge in [-0.15, -0.1) is 0 Å². The van der Waals surface area contributed by atoms with Gasteiger partial charge in [-0.3, -0.25) is 19.7 Å². The lowest BCUT2D eigenvalue weighted by molar-refractivity contribution is -0.385. The Balaban J connectivity index is 1.17. The van der Waals surface area contributed by atoms with Crippen LogP contribution in [0.15, 0.2) is 66.7 Å². The van der Waals surface area contributed by atoms with E-state index in [1.54, 1.807) is 29.2 Å². The summed E-state index contributed by atoms with van der Waals surface area (Å²) in [6, 6.07) is 16.6. The van der Waals surface area contributed by atoms with Crippen LogP contribution in [0, 0.1) is 27.2 Å². The van der Waals surface area contributed by atoms with E-state index in [0.717, 1.165) is 42.2 Å². The third kappa shape index (κ3) is 5.27. The van der Waals surface area contributed by atoms with Crippen LogP contribution in [-0.4, -0.2) is 40.8 Å². The molecule has 1 unspecified atom stereocenters. The molecule has 1 N–H and O–H groups in total. The topological polar surface area (TPSA) is 92.6 Å². The van der Waals surface area contributed by atoms with Crippen molar-refractivity contribution >= 4 is 17.5 Å². The van der Waals surface area contributed by atoms with Crippen LogP contribution in [0.25, 0.3) is 0 Å². The largest absolute Gasteiger partial charge is 0.349 e. The molecule has 1 aliphatic heterocycles. The number of hydrogen-bond donors (Lipinski definition) is 1. The fourth-order valence-electron chi connectivity index (χ4n) is 5.51. The van der Waals surface area contributed by atoms with Crippen molar-refractivity contribution in [3.05, 3.63) is 111 Å². The number of likely N-dealkylation sites (tertiary alicyclic amines) is 1. The quantitative estimate of drug-likeness (QED) is 0.354. The summed E-state index contributed by atoms with van der Waals surface area (Å²) in [6.07, 6.45) is 3.84. The molecule has 1 aliphatic carbocycles. The number of piperidine rings is 1. The lowest BCUT2D eigenvalue weighted by atomic mass is 9.59. The number of halogens is 2. The van der Waals surface area contributed by atoms with Crippen molar-refractivity contribution in [2.45, 2.75) is 38.1 Å². The molecule has 9 heteroatoms. The Hall–Kier alpha value is -4.14. The highest BCUT2D eigenvalue weighted by Gasteiger charge is 2.49. The number of non-ortho nitro benzene ring substituents is 1. The zero-order valence-corrected chi connectivity index (χ0v) is 20.7. The van der Waals surface area contributed by atoms with E-state index in [9.17, 15) is 28.5 Å². The Morgan fingerprint density at radius 1 is 0.895 bits per heavy atom. The second kappa shape index (κ2) is 10.3. The summed E-state index contributed by atoms with van der Waals surface area (Å²) in [5, 5.41) is 14.2. The fraction of sp³-hybridized carbons (Fsp3) is 0.310. The second-order valence-electron chi connectivity index (χ2n) is 10.2.